The maximum absolute atomic E-state index is 12.4. The fourth-order valence-electron chi connectivity index (χ4n) is 2.59. The Bertz CT molecular complexity index is 836. The lowest BCUT2D eigenvalue weighted by Crippen LogP contribution is -2.23. The Morgan fingerprint density at radius 1 is 1.12 bits per heavy atom. The highest BCUT2D eigenvalue weighted by molar-refractivity contribution is 6.01. The van der Waals surface area contributed by atoms with Gasteiger partial charge in [-0.3, -0.25) is 4.79 Å². The lowest BCUT2D eigenvalue weighted by Gasteiger charge is -2.11. The van der Waals surface area contributed by atoms with Crippen LogP contribution in [0.1, 0.15) is 35.3 Å². The van der Waals surface area contributed by atoms with E-state index in [9.17, 15) is 9.59 Å². The average Bonchev–Trinajstić information content (AvgIpc) is 3.13. The van der Waals surface area contributed by atoms with Crippen molar-refractivity contribution in [2.24, 2.45) is 0 Å². The van der Waals surface area contributed by atoms with E-state index in [-0.39, 0.29) is 12.6 Å². The molecule has 1 heterocycles. The Balaban J connectivity index is 1.58. The third kappa shape index (κ3) is 4.11. The number of rotatable bonds is 6. The van der Waals surface area contributed by atoms with E-state index < -0.39 is 12.1 Å². The topological polar surface area (TPSA) is 61.8 Å². The monoisotopic (exact) mass is 352 g/mol. The third-order valence-electron chi connectivity index (χ3n) is 4.12. The largest absolute Gasteiger partial charge is 0.454 e. The van der Waals surface area contributed by atoms with E-state index in [0.29, 0.717) is 17.1 Å². The summed E-state index contributed by atoms with van der Waals surface area (Å²) >= 11 is 0. The van der Waals surface area contributed by atoms with Gasteiger partial charge in [-0.05, 0) is 42.7 Å². The first-order valence-electron chi connectivity index (χ1n) is 8.48. The molecule has 0 bridgehead atoms. The van der Waals surface area contributed by atoms with Gasteiger partial charge in [-0.2, -0.15) is 0 Å². The molecule has 5 heteroatoms. The Hall–Kier alpha value is -3.08. The molecule has 3 rings (SSSR count). The standard InChI is InChI=1S/C21H20O5/c1-3-15-4-8-17(9-5-15)21(23)14(2)26-20(22)11-7-16-6-10-18-19(12-16)25-13-24-18/h4-12,14H,3,13H2,1-2H3/b11-7+/t14-/m0/s1. The molecule has 0 saturated carbocycles. The summed E-state index contributed by atoms with van der Waals surface area (Å²) in [5, 5.41) is 0. The molecular formula is C21H20O5. The van der Waals surface area contributed by atoms with Crippen LogP contribution in [-0.2, 0) is 16.0 Å². The molecule has 0 N–H and O–H groups in total. The van der Waals surface area contributed by atoms with Gasteiger partial charge < -0.3 is 14.2 Å². The van der Waals surface area contributed by atoms with Crippen molar-refractivity contribution in [3.63, 3.8) is 0 Å². The number of fused-ring (bicyclic) bond motifs is 1. The van der Waals surface area contributed by atoms with Crippen LogP contribution >= 0.6 is 0 Å². The van der Waals surface area contributed by atoms with Crippen molar-refractivity contribution in [3.8, 4) is 11.5 Å². The zero-order valence-corrected chi connectivity index (χ0v) is 14.7. The van der Waals surface area contributed by atoms with Gasteiger partial charge in [0.25, 0.3) is 0 Å². The molecule has 0 fully saturated rings. The molecule has 134 valence electrons. The second-order valence-electron chi connectivity index (χ2n) is 5.94. The van der Waals surface area contributed by atoms with Gasteiger partial charge >= 0.3 is 5.97 Å². The molecule has 5 nitrogen and oxygen atoms in total. The Morgan fingerprint density at radius 3 is 2.58 bits per heavy atom. The smallest absolute Gasteiger partial charge is 0.331 e. The predicted molar refractivity (Wildman–Crippen MR) is 97.3 cm³/mol. The zero-order chi connectivity index (χ0) is 18.5. The highest BCUT2D eigenvalue weighted by atomic mass is 16.7. The Kier molecular flexibility index (Phi) is 5.37. The number of ketones is 1. The summed E-state index contributed by atoms with van der Waals surface area (Å²) in [5.74, 6) is 0.517. The maximum atomic E-state index is 12.4. The minimum Gasteiger partial charge on any atom is -0.454 e. The molecule has 2 aromatic carbocycles. The molecule has 0 radical (unpaired) electrons. The van der Waals surface area contributed by atoms with Gasteiger partial charge in [0.1, 0.15) is 0 Å². The van der Waals surface area contributed by atoms with Gasteiger partial charge in [-0.1, -0.05) is 37.3 Å². The van der Waals surface area contributed by atoms with Crippen LogP contribution in [0.2, 0.25) is 0 Å². The molecule has 0 unspecified atom stereocenters. The first-order chi connectivity index (χ1) is 12.6. The van der Waals surface area contributed by atoms with Crippen molar-refractivity contribution in [1.82, 2.24) is 0 Å². The molecule has 1 atom stereocenters. The van der Waals surface area contributed by atoms with E-state index in [1.165, 1.54) is 6.08 Å². The number of carbonyl (C=O) groups excluding carboxylic acids is 2. The summed E-state index contributed by atoms with van der Waals surface area (Å²) in [5.41, 5.74) is 2.46. The van der Waals surface area contributed by atoms with E-state index in [0.717, 1.165) is 17.5 Å². The molecule has 1 aliphatic heterocycles. The first kappa shape index (κ1) is 17.7. The van der Waals surface area contributed by atoms with Crippen molar-refractivity contribution >= 4 is 17.8 Å². The summed E-state index contributed by atoms with van der Waals surface area (Å²) < 4.78 is 15.7. The van der Waals surface area contributed by atoms with Gasteiger partial charge in [0.15, 0.2) is 17.6 Å². The normalized spacial score (nSPS) is 13.6. The quantitative estimate of drug-likeness (QED) is 0.449. The van der Waals surface area contributed by atoms with Crippen LogP contribution in [0.5, 0.6) is 11.5 Å². The third-order valence-corrected chi connectivity index (χ3v) is 4.12. The van der Waals surface area contributed by atoms with Crippen LogP contribution in [0.25, 0.3) is 6.08 Å². The number of benzene rings is 2. The van der Waals surface area contributed by atoms with Crippen LogP contribution < -0.4 is 9.47 Å². The number of hydrogen-bond acceptors (Lipinski definition) is 5. The summed E-state index contributed by atoms with van der Waals surface area (Å²) in [6, 6.07) is 12.7. The van der Waals surface area contributed by atoms with Gasteiger partial charge in [0.2, 0.25) is 12.6 Å². The second-order valence-corrected chi connectivity index (χ2v) is 5.94. The number of Topliss-reactive ketones (excluding diaryl/α,β-unsaturated/α-hetero) is 1. The Morgan fingerprint density at radius 2 is 1.85 bits per heavy atom. The molecule has 0 aromatic heterocycles. The van der Waals surface area contributed by atoms with E-state index in [1.807, 2.05) is 19.1 Å². The minimum absolute atomic E-state index is 0.198. The van der Waals surface area contributed by atoms with E-state index in [1.54, 1.807) is 43.3 Å². The molecular weight excluding hydrogens is 332 g/mol. The summed E-state index contributed by atoms with van der Waals surface area (Å²) in [6.07, 6.45) is 2.96. The molecule has 0 amide bonds. The molecule has 2 aromatic rings. The fraction of sp³-hybridized carbons (Fsp3) is 0.238. The van der Waals surface area contributed by atoms with Crippen LogP contribution in [-0.4, -0.2) is 24.6 Å². The van der Waals surface area contributed by atoms with Crippen LogP contribution in [0.4, 0.5) is 0 Å². The SMILES string of the molecule is CCc1ccc(C(=O)[C@H](C)OC(=O)/C=C/c2ccc3c(c2)OCO3)cc1. The first-order valence-corrected chi connectivity index (χ1v) is 8.48. The highest BCUT2D eigenvalue weighted by Crippen LogP contribution is 2.32. The number of ether oxygens (including phenoxy) is 3. The number of hydrogen-bond donors (Lipinski definition) is 0. The number of esters is 1. The second kappa shape index (κ2) is 7.87. The highest BCUT2D eigenvalue weighted by Gasteiger charge is 2.18. The number of carbonyl (C=O) groups is 2. The van der Waals surface area contributed by atoms with Gasteiger partial charge in [-0.15, -0.1) is 0 Å². The molecule has 0 aliphatic carbocycles. The van der Waals surface area contributed by atoms with Gasteiger partial charge in [0.05, 0.1) is 0 Å². The van der Waals surface area contributed by atoms with Crippen molar-refractivity contribution < 1.29 is 23.8 Å². The summed E-state index contributed by atoms with van der Waals surface area (Å²) in [6.45, 7) is 3.82. The Labute approximate surface area is 152 Å². The van der Waals surface area contributed by atoms with Crippen LogP contribution in [0.3, 0.4) is 0 Å². The molecule has 0 saturated heterocycles. The van der Waals surface area contributed by atoms with Gasteiger partial charge in [-0.25, -0.2) is 4.79 Å². The minimum atomic E-state index is -0.851. The number of aryl methyl sites for hydroxylation is 1. The average molecular weight is 352 g/mol. The van der Waals surface area contributed by atoms with E-state index in [2.05, 4.69) is 0 Å². The van der Waals surface area contributed by atoms with Crippen LogP contribution in [0, 0.1) is 0 Å². The maximum Gasteiger partial charge on any atom is 0.331 e. The van der Waals surface area contributed by atoms with Gasteiger partial charge in [0, 0.05) is 11.6 Å². The fourth-order valence-corrected chi connectivity index (χ4v) is 2.59. The zero-order valence-electron chi connectivity index (χ0n) is 14.7. The van der Waals surface area contributed by atoms with Crippen molar-refractivity contribution in [3.05, 3.63) is 65.2 Å². The van der Waals surface area contributed by atoms with Crippen molar-refractivity contribution in [1.29, 1.82) is 0 Å². The van der Waals surface area contributed by atoms with Crippen LogP contribution in [0.15, 0.2) is 48.5 Å². The lowest BCUT2D eigenvalue weighted by molar-refractivity contribution is -0.140. The predicted octanol–water partition coefficient (Wildman–Crippen LogP) is 3.81. The van der Waals surface area contributed by atoms with Crippen molar-refractivity contribution in [2.45, 2.75) is 26.4 Å². The summed E-state index contributed by atoms with van der Waals surface area (Å²) in [7, 11) is 0. The summed E-state index contributed by atoms with van der Waals surface area (Å²) in [4.78, 5) is 24.3. The van der Waals surface area contributed by atoms with Crippen molar-refractivity contribution in [2.75, 3.05) is 6.79 Å². The lowest BCUT2D eigenvalue weighted by atomic mass is 10.0. The van der Waals surface area contributed by atoms with E-state index >= 15 is 0 Å². The molecule has 26 heavy (non-hydrogen) atoms. The molecule has 0 spiro atoms. The van der Waals surface area contributed by atoms with E-state index in [4.69, 9.17) is 14.2 Å². The molecule has 1 aliphatic rings.